The molecule has 0 atom stereocenters. The van der Waals surface area contributed by atoms with Gasteiger partial charge in [0.05, 0.1) is 30.7 Å². The van der Waals surface area contributed by atoms with Crippen LogP contribution in [0.5, 0.6) is 5.75 Å². The summed E-state index contributed by atoms with van der Waals surface area (Å²) in [6.07, 6.45) is 0. The van der Waals surface area contributed by atoms with E-state index in [4.69, 9.17) is 11.1 Å². The van der Waals surface area contributed by atoms with E-state index in [9.17, 15) is 14.7 Å². The number of rotatable bonds is 8. The molecule has 1 heterocycles. The number of anilines is 1. The highest BCUT2D eigenvalue weighted by Crippen LogP contribution is 2.40. The highest BCUT2D eigenvalue weighted by molar-refractivity contribution is 5.97. The Kier molecular flexibility index (Phi) is 7.65. The Morgan fingerprint density at radius 1 is 0.875 bits per heavy atom. The van der Waals surface area contributed by atoms with Crippen molar-refractivity contribution in [2.45, 2.75) is 65.5 Å². The van der Waals surface area contributed by atoms with Crippen molar-refractivity contribution in [2.75, 3.05) is 11.9 Å². The molecule has 5 N–H and O–H groups in total. The van der Waals surface area contributed by atoms with Crippen LogP contribution in [0.2, 0.25) is 0 Å². The molecular formula is C32H39N5O3. The maximum absolute atomic E-state index is 13.8. The molecule has 40 heavy (non-hydrogen) atoms. The molecular weight excluding hydrogens is 502 g/mol. The monoisotopic (exact) mass is 541 g/mol. The molecule has 0 bridgehead atoms. The number of Topliss-reactive ketones (excluding diaryl/α,β-unsaturated/α-hetero) is 1. The molecule has 0 aliphatic carbocycles. The number of carbonyl (C=O) groups excluding carboxylic acids is 2. The van der Waals surface area contributed by atoms with Crippen LogP contribution in [0.3, 0.4) is 0 Å². The summed E-state index contributed by atoms with van der Waals surface area (Å²) in [5.74, 6) is -0.322. The fourth-order valence-corrected chi connectivity index (χ4v) is 4.89. The second-order valence-corrected chi connectivity index (χ2v) is 12.3. The third-order valence-electron chi connectivity index (χ3n) is 7.09. The van der Waals surface area contributed by atoms with Gasteiger partial charge in [0.1, 0.15) is 5.75 Å². The molecule has 0 saturated heterocycles. The number of fused-ring (bicyclic) bond motifs is 1. The molecule has 1 amide bonds. The molecule has 0 unspecified atom stereocenters. The Morgan fingerprint density at radius 3 is 1.90 bits per heavy atom. The van der Waals surface area contributed by atoms with Gasteiger partial charge in [-0.3, -0.25) is 15.0 Å². The van der Waals surface area contributed by atoms with Crippen LogP contribution in [0.15, 0.2) is 60.7 Å². The van der Waals surface area contributed by atoms with Gasteiger partial charge in [-0.2, -0.15) is 0 Å². The third kappa shape index (κ3) is 5.96. The van der Waals surface area contributed by atoms with Crippen LogP contribution in [0.1, 0.15) is 68.6 Å². The first kappa shape index (κ1) is 28.7. The molecule has 8 heteroatoms. The Bertz CT molecular complexity index is 1600. The van der Waals surface area contributed by atoms with Crippen molar-refractivity contribution in [1.82, 2.24) is 9.13 Å². The number of nitrogens with two attached hydrogens (primary N) is 1. The average Bonchev–Trinajstić information content (AvgIpc) is 3.13. The summed E-state index contributed by atoms with van der Waals surface area (Å²) in [7, 11) is 0. The summed E-state index contributed by atoms with van der Waals surface area (Å²) < 4.78 is 3.62. The van der Waals surface area contributed by atoms with Gasteiger partial charge in [-0.1, -0.05) is 65.8 Å². The van der Waals surface area contributed by atoms with Crippen LogP contribution < -0.4 is 16.7 Å². The molecule has 8 nitrogen and oxygen atoms in total. The number of para-hydroxylation sites is 2. The minimum atomic E-state index is -0.433. The van der Waals surface area contributed by atoms with Crippen molar-refractivity contribution in [3.8, 4) is 5.75 Å². The summed E-state index contributed by atoms with van der Waals surface area (Å²) in [5.41, 5.74) is 10.1. The standard InChI is InChI=1S/C32H39N5O3/c1-31(2,3)23-15-21(16-24(29(23)40)32(4,5)6)27(38)19-37-26-10-8-7-9-25(26)36(30(37)34)18-20-11-13-22(14-12-20)35-17-28(33)39/h7-16,34-35,40H,17-19H2,1-6H3,(H2,33,39). The van der Waals surface area contributed by atoms with Crippen LogP contribution >= 0.6 is 0 Å². The number of primary amides is 1. The van der Waals surface area contributed by atoms with E-state index in [1.807, 2.05) is 94.6 Å². The van der Waals surface area contributed by atoms with Gasteiger partial charge in [-0.15, -0.1) is 0 Å². The number of phenols is 1. The number of hydrogen-bond acceptors (Lipinski definition) is 5. The van der Waals surface area contributed by atoms with Gasteiger partial charge < -0.3 is 25.3 Å². The number of aromatic nitrogens is 2. The van der Waals surface area contributed by atoms with E-state index in [2.05, 4.69) is 5.32 Å². The summed E-state index contributed by atoms with van der Waals surface area (Å²) in [6.45, 7) is 12.6. The lowest BCUT2D eigenvalue weighted by molar-refractivity contribution is -0.116. The summed E-state index contributed by atoms with van der Waals surface area (Å²) in [6, 6.07) is 18.9. The number of nitrogens with one attached hydrogen (secondary N) is 2. The van der Waals surface area contributed by atoms with Gasteiger partial charge >= 0.3 is 0 Å². The van der Waals surface area contributed by atoms with Crippen LogP contribution in [0.4, 0.5) is 5.69 Å². The number of imidazole rings is 1. The smallest absolute Gasteiger partial charge is 0.236 e. The topological polar surface area (TPSA) is 126 Å². The first-order valence-electron chi connectivity index (χ1n) is 13.4. The molecule has 4 rings (SSSR count). The fourth-order valence-electron chi connectivity index (χ4n) is 4.89. The zero-order chi connectivity index (χ0) is 29.4. The Balaban J connectivity index is 1.71. The molecule has 0 aliphatic heterocycles. The molecule has 210 valence electrons. The predicted molar refractivity (Wildman–Crippen MR) is 159 cm³/mol. The molecule has 4 aromatic rings. The van der Waals surface area contributed by atoms with Gasteiger partial charge in [0.25, 0.3) is 0 Å². The SMILES string of the molecule is CC(C)(C)c1cc(C(=O)Cn2c(=N)n(Cc3ccc(NCC(N)=O)cc3)c3ccccc32)cc(C(C)(C)C)c1O. The zero-order valence-electron chi connectivity index (χ0n) is 24.1. The van der Waals surface area contributed by atoms with Gasteiger partial charge in [0.15, 0.2) is 5.78 Å². The number of nitrogens with zero attached hydrogens (tertiary/aromatic N) is 2. The van der Waals surface area contributed by atoms with E-state index in [0.717, 1.165) is 33.4 Å². The number of carbonyl (C=O) groups is 2. The second-order valence-electron chi connectivity index (χ2n) is 12.3. The molecule has 0 radical (unpaired) electrons. The summed E-state index contributed by atoms with van der Waals surface area (Å²) in [4.78, 5) is 24.8. The first-order valence-corrected chi connectivity index (χ1v) is 13.4. The lowest BCUT2D eigenvalue weighted by Crippen LogP contribution is -2.28. The van der Waals surface area contributed by atoms with Gasteiger partial charge in [-0.05, 0) is 52.8 Å². The summed E-state index contributed by atoms with van der Waals surface area (Å²) in [5, 5.41) is 23.1. The van der Waals surface area contributed by atoms with E-state index in [1.54, 1.807) is 16.7 Å². The highest BCUT2D eigenvalue weighted by Gasteiger charge is 2.28. The van der Waals surface area contributed by atoms with Crippen molar-refractivity contribution < 1.29 is 14.7 Å². The van der Waals surface area contributed by atoms with E-state index in [0.29, 0.717) is 12.1 Å². The molecule has 1 aromatic heterocycles. The van der Waals surface area contributed by atoms with Crippen LogP contribution in [-0.2, 0) is 28.7 Å². The van der Waals surface area contributed by atoms with Crippen LogP contribution in [-0.4, -0.2) is 32.5 Å². The lowest BCUT2D eigenvalue weighted by atomic mass is 9.78. The molecule has 3 aromatic carbocycles. The number of hydrogen-bond donors (Lipinski definition) is 4. The normalized spacial score (nSPS) is 12.1. The average molecular weight is 542 g/mol. The van der Waals surface area contributed by atoms with E-state index >= 15 is 0 Å². The van der Waals surface area contributed by atoms with Crippen molar-refractivity contribution in [2.24, 2.45) is 5.73 Å². The maximum atomic E-state index is 13.8. The largest absolute Gasteiger partial charge is 0.507 e. The van der Waals surface area contributed by atoms with Crippen LogP contribution in [0, 0.1) is 5.41 Å². The van der Waals surface area contributed by atoms with Gasteiger partial charge in [0, 0.05) is 22.4 Å². The Hall–Kier alpha value is -4.33. The molecule has 0 aliphatic rings. The number of benzene rings is 3. The highest BCUT2D eigenvalue weighted by atomic mass is 16.3. The van der Waals surface area contributed by atoms with E-state index in [1.165, 1.54) is 0 Å². The lowest BCUT2D eigenvalue weighted by Gasteiger charge is -2.28. The van der Waals surface area contributed by atoms with Crippen molar-refractivity contribution in [3.63, 3.8) is 0 Å². The minimum absolute atomic E-state index is 0.000261. The van der Waals surface area contributed by atoms with Gasteiger partial charge in [-0.25, -0.2) is 0 Å². The van der Waals surface area contributed by atoms with Gasteiger partial charge in [0.2, 0.25) is 11.5 Å². The number of ketones is 1. The number of amides is 1. The van der Waals surface area contributed by atoms with Crippen molar-refractivity contribution in [1.29, 1.82) is 5.41 Å². The molecule has 0 saturated carbocycles. The molecule has 0 spiro atoms. The predicted octanol–water partition coefficient (Wildman–Crippen LogP) is 5.05. The Morgan fingerprint density at radius 2 is 1.40 bits per heavy atom. The van der Waals surface area contributed by atoms with E-state index < -0.39 is 5.91 Å². The van der Waals surface area contributed by atoms with Crippen LogP contribution in [0.25, 0.3) is 11.0 Å². The second kappa shape index (κ2) is 10.7. The maximum Gasteiger partial charge on any atom is 0.236 e. The third-order valence-corrected chi connectivity index (χ3v) is 7.09. The first-order chi connectivity index (χ1) is 18.7. The van der Waals surface area contributed by atoms with Crippen molar-refractivity contribution >= 4 is 28.4 Å². The molecule has 0 fully saturated rings. The summed E-state index contributed by atoms with van der Waals surface area (Å²) >= 11 is 0. The fraction of sp³-hybridized carbons (Fsp3) is 0.344. The van der Waals surface area contributed by atoms with Crippen molar-refractivity contribution in [3.05, 3.63) is 88.5 Å². The number of aromatic hydroxyl groups is 1. The quantitative estimate of drug-likeness (QED) is 0.233. The van der Waals surface area contributed by atoms with E-state index in [-0.39, 0.29) is 41.1 Å². The number of phenolic OH excluding ortho intramolecular Hbond substituents is 1. The Labute approximate surface area is 235 Å². The zero-order valence-corrected chi connectivity index (χ0v) is 24.1. The minimum Gasteiger partial charge on any atom is -0.507 e.